The third-order valence-corrected chi connectivity index (χ3v) is 8.02. The van der Waals surface area contributed by atoms with E-state index in [9.17, 15) is 14.3 Å². The number of esters is 1. The maximum absolute atomic E-state index is 14.7. The topological polar surface area (TPSA) is 46.5 Å². The zero-order chi connectivity index (χ0) is 18.0. The van der Waals surface area contributed by atoms with Crippen molar-refractivity contribution in [3.8, 4) is 0 Å². The summed E-state index contributed by atoms with van der Waals surface area (Å²) in [7, 11) is 0. The first-order valence-electron chi connectivity index (χ1n) is 9.70. The van der Waals surface area contributed by atoms with Crippen LogP contribution in [0.3, 0.4) is 0 Å². The van der Waals surface area contributed by atoms with E-state index in [0.29, 0.717) is 23.5 Å². The first kappa shape index (κ1) is 17.1. The maximum atomic E-state index is 14.7. The molecule has 4 rings (SSSR count). The van der Waals surface area contributed by atoms with Crippen molar-refractivity contribution < 1.29 is 19.0 Å². The quantitative estimate of drug-likeness (QED) is 0.672. The predicted molar refractivity (Wildman–Crippen MR) is 93.3 cm³/mol. The molecule has 4 heteroatoms. The number of hydrogen-bond donors (Lipinski definition) is 1. The van der Waals surface area contributed by atoms with Crippen LogP contribution < -0.4 is 0 Å². The van der Waals surface area contributed by atoms with Crippen LogP contribution in [0.1, 0.15) is 59.3 Å². The standard InChI is InChI=1S/C21H29FO3/c1-12(23)25-19-18(22)11-17-15-5-4-13-10-14(24)6-8-20(13,2)16(15)7-9-21(17,19)3/h10-11,13,15-17,19,24H,4-9H2,1-3H3/t13?,15-,16-,17+,19?,20+,21+/m1/s1. The van der Waals surface area contributed by atoms with Gasteiger partial charge in [-0.15, -0.1) is 0 Å². The summed E-state index contributed by atoms with van der Waals surface area (Å²) >= 11 is 0. The van der Waals surface area contributed by atoms with Gasteiger partial charge >= 0.3 is 5.97 Å². The molecule has 0 aliphatic heterocycles. The van der Waals surface area contributed by atoms with Crippen molar-refractivity contribution in [2.75, 3.05) is 0 Å². The number of fused-ring (bicyclic) bond motifs is 5. The Morgan fingerprint density at radius 1 is 1.20 bits per heavy atom. The van der Waals surface area contributed by atoms with Gasteiger partial charge in [0.2, 0.25) is 0 Å². The van der Waals surface area contributed by atoms with Gasteiger partial charge in [0.05, 0.1) is 5.76 Å². The molecule has 0 bridgehead atoms. The van der Waals surface area contributed by atoms with Gasteiger partial charge in [-0.25, -0.2) is 4.39 Å². The largest absolute Gasteiger partial charge is 0.513 e. The van der Waals surface area contributed by atoms with Crippen LogP contribution in [0.25, 0.3) is 0 Å². The fraction of sp³-hybridized carbons (Fsp3) is 0.762. The Kier molecular flexibility index (Phi) is 3.82. The number of aliphatic hydroxyl groups is 1. The highest BCUT2D eigenvalue weighted by Gasteiger charge is 2.61. The molecule has 7 atom stereocenters. The van der Waals surface area contributed by atoms with E-state index >= 15 is 0 Å². The molecule has 4 aliphatic rings. The molecule has 0 radical (unpaired) electrons. The lowest BCUT2D eigenvalue weighted by Crippen LogP contribution is -2.53. The Labute approximate surface area is 149 Å². The molecule has 2 fully saturated rings. The average Bonchev–Trinajstić information content (AvgIpc) is 2.79. The van der Waals surface area contributed by atoms with E-state index < -0.39 is 12.1 Å². The van der Waals surface area contributed by atoms with Gasteiger partial charge in [0.15, 0.2) is 6.10 Å². The van der Waals surface area contributed by atoms with E-state index in [4.69, 9.17) is 4.74 Å². The molecule has 0 aromatic heterocycles. The number of hydrogen-bond acceptors (Lipinski definition) is 3. The highest BCUT2D eigenvalue weighted by Crippen LogP contribution is 2.65. The second-order valence-electron chi connectivity index (χ2n) is 9.23. The summed E-state index contributed by atoms with van der Waals surface area (Å²) < 4.78 is 20.1. The first-order chi connectivity index (χ1) is 11.8. The molecule has 1 N–H and O–H groups in total. The van der Waals surface area contributed by atoms with E-state index in [1.165, 1.54) is 6.92 Å². The number of carbonyl (C=O) groups excluding carboxylic acids is 1. The fourth-order valence-corrected chi connectivity index (χ4v) is 6.67. The average molecular weight is 348 g/mol. The lowest BCUT2D eigenvalue weighted by atomic mass is 9.46. The molecule has 0 aromatic rings. The van der Waals surface area contributed by atoms with Gasteiger partial charge in [-0.3, -0.25) is 4.79 Å². The van der Waals surface area contributed by atoms with Gasteiger partial charge in [0.1, 0.15) is 5.83 Å². The van der Waals surface area contributed by atoms with Crippen molar-refractivity contribution in [3.05, 3.63) is 23.7 Å². The Balaban J connectivity index is 1.65. The van der Waals surface area contributed by atoms with Gasteiger partial charge < -0.3 is 9.84 Å². The molecule has 25 heavy (non-hydrogen) atoms. The van der Waals surface area contributed by atoms with Gasteiger partial charge in [-0.1, -0.05) is 13.8 Å². The van der Waals surface area contributed by atoms with Crippen LogP contribution in [0.2, 0.25) is 0 Å². The van der Waals surface area contributed by atoms with Crippen LogP contribution in [0.15, 0.2) is 23.7 Å². The predicted octanol–water partition coefficient (Wildman–Crippen LogP) is 5.09. The van der Waals surface area contributed by atoms with E-state index in [-0.39, 0.29) is 22.6 Å². The molecular weight excluding hydrogens is 319 g/mol. The highest BCUT2D eigenvalue weighted by molar-refractivity contribution is 5.66. The van der Waals surface area contributed by atoms with Crippen molar-refractivity contribution in [1.29, 1.82) is 0 Å². The molecule has 3 nitrogen and oxygen atoms in total. The Hall–Kier alpha value is -1.32. The Morgan fingerprint density at radius 3 is 2.68 bits per heavy atom. The molecule has 0 spiro atoms. The van der Waals surface area contributed by atoms with Crippen LogP contribution in [-0.2, 0) is 9.53 Å². The number of aliphatic hydroxyl groups excluding tert-OH is 1. The minimum absolute atomic E-state index is 0.146. The molecule has 4 aliphatic carbocycles. The minimum atomic E-state index is -0.711. The summed E-state index contributed by atoms with van der Waals surface area (Å²) in [5.74, 6) is 1.47. The lowest BCUT2D eigenvalue weighted by molar-refractivity contribution is -0.159. The molecule has 0 amide bonds. The van der Waals surface area contributed by atoms with Crippen LogP contribution in [0.4, 0.5) is 4.39 Å². The first-order valence-corrected chi connectivity index (χ1v) is 9.70. The zero-order valence-electron chi connectivity index (χ0n) is 15.4. The smallest absolute Gasteiger partial charge is 0.303 e. The molecule has 0 aromatic carbocycles. The van der Waals surface area contributed by atoms with Crippen molar-refractivity contribution in [3.63, 3.8) is 0 Å². The van der Waals surface area contributed by atoms with Crippen molar-refractivity contribution in [1.82, 2.24) is 0 Å². The van der Waals surface area contributed by atoms with Gasteiger partial charge in [-0.2, -0.15) is 0 Å². The lowest BCUT2D eigenvalue weighted by Gasteiger charge is -2.59. The SMILES string of the molecule is CC(=O)OC1C(F)=C[C@H]2[C@@H]3CCC4C=C(O)CC[C@]4(C)[C@@H]3CC[C@]12C. The molecule has 0 heterocycles. The van der Waals surface area contributed by atoms with E-state index in [2.05, 4.69) is 19.9 Å². The highest BCUT2D eigenvalue weighted by atomic mass is 19.1. The number of allylic oxidation sites excluding steroid dienone is 3. The van der Waals surface area contributed by atoms with Crippen LogP contribution in [-0.4, -0.2) is 17.2 Å². The van der Waals surface area contributed by atoms with Gasteiger partial charge in [-0.05, 0) is 73.3 Å². The summed E-state index contributed by atoms with van der Waals surface area (Å²) in [5.41, 5.74) is -0.118. The van der Waals surface area contributed by atoms with Crippen LogP contribution in [0, 0.1) is 34.5 Å². The molecule has 2 saturated carbocycles. The van der Waals surface area contributed by atoms with E-state index in [0.717, 1.165) is 38.5 Å². The Morgan fingerprint density at radius 2 is 1.96 bits per heavy atom. The van der Waals surface area contributed by atoms with Crippen LogP contribution >= 0.6 is 0 Å². The summed E-state index contributed by atoms with van der Waals surface area (Å²) in [5, 5.41) is 9.96. The van der Waals surface area contributed by atoms with Crippen molar-refractivity contribution >= 4 is 5.97 Å². The van der Waals surface area contributed by atoms with E-state index in [1.54, 1.807) is 6.08 Å². The molecule has 0 saturated heterocycles. The molecule has 138 valence electrons. The summed E-state index contributed by atoms with van der Waals surface area (Å²) in [6.07, 6.45) is 8.98. The fourth-order valence-electron chi connectivity index (χ4n) is 6.67. The monoisotopic (exact) mass is 348 g/mol. The van der Waals surface area contributed by atoms with E-state index in [1.807, 2.05) is 0 Å². The van der Waals surface area contributed by atoms with Gasteiger partial charge in [0.25, 0.3) is 0 Å². The number of ether oxygens (including phenoxy) is 1. The number of carbonyl (C=O) groups is 1. The van der Waals surface area contributed by atoms with Crippen molar-refractivity contribution in [2.45, 2.75) is 65.4 Å². The number of rotatable bonds is 1. The molecule has 2 unspecified atom stereocenters. The third-order valence-electron chi connectivity index (χ3n) is 8.02. The second-order valence-corrected chi connectivity index (χ2v) is 9.23. The van der Waals surface area contributed by atoms with Gasteiger partial charge in [0, 0.05) is 18.8 Å². The van der Waals surface area contributed by atoms with Crippen LogP contribution in [0.5, 0.6) is 0 Å². The normalized spacial score (nSPS) is 48.6. The minimum Gasteiger partial charge on any atom is -0.513 e. The maximum Gasteiger partial charge on any atom is 0.303 e. The third kappa shape index (κ3) is 2.39. The molecular formula is C21H29FO3. The van der Waals surface area contributed by atoms with Crippen molar-refractivity contribution in [2.24, 2.45) is 34.5 Å². The number of halogens is 1. The summed E-state index contributed by atoms with van der Waals surface area (Å²) in [4.78, 5) is 11.5. The summed E-state index contributed by atoms with van der Waals surface area (Å²) in [6.45, 7) is 5.84. The Bertz CT molecular complexity index is 654. The second kappa shape index (κ2) is 5.59. The summed E-state index contributed by atoms with van der Waals surface area (Å²) in [6, 6.07) is 0. The zero-order valence-corrected chi connectivity index (χ0v) is 15.4.